The van der Waals surface area contributed by atoms with Gasteiger partial charge in [-0.2, -0.15) is 8.78 Å². The number of rotatable bonds is 5. The SMILES string of the molecule is COC(CC(F)(F)C(=O)O)OC. The van der Waals surface area contributed by atoms with Gasteiger partial charge in [0.25, 0.3) is 0 Å². The van der Waals surface area contributed by atoms with Crippen molar-refractivity contribution in [1.82, 2.24) is 0 Å². The fourth-order valence-electron chi connectivity index (χ4n) is 0.560. The van der Waals surface area contributed by atoms with Gasteiger partial charge < -0.3 is 14.6 Å². The Morgan fingerprint density at radius 1 is 1.50 bits per heavy atom. The first-order chi connectivity index (χ1) is 5.44. The lowest BCUT2D eigenvalue weighted by molar-refractivity contribution is -0.186. The molecule has 0 heterocycles. The molecule has 0 aromatic heterocycles. The molecule has 0 bridgehead atoms. The Balaban J connectivity index is 4.12. The summed E-state index contributed by atoms with van der Waals surface area (Å²) in [4.78, 5) is 9.93. The van der Waals surface area contributed by atoms with E-state index in [1.807, 2.05) is 0 Å². The summed E-state index contributed by atoms with van der Waals surface area (Å²) in [5.74, 6) is -5.99. The van der Waals surface area contributed by atoms with Gasteiger partial charge in [0.1, 0.15) is 0 Å². The predicted molar refractivity (Wildman–Crippen MR) is 35.0 cm³/mol. The van der Waals surface area contributed by atoms with Gasteiger partial charge in [0.15, 0.2) is 6.29 Å². The highest BCUT2D eigenvalue weighted by molar-refractivity contribution is 5.75. The normalized spacial score (nSPS) is 12.1. The maximum absolute atomic E-state index is 12.4. The summed E-state index contributed by atoms with van der Waals surface area (Å²) in [7, 11) is 2.32. The minimum Gasteiger partial charge on any atom is -0.477 e. The summed E-state index contributed by atoms with van der Waals surface area (Å²) in [5.41, 5.74) is 0. The molecule has 0 rings (SSSR count). The van der Waals surface area contributed by atoms with Crippen molar-refractivity contribution in [3.05, 3.63) is 0 Å². The van der Waals surface area contributed by atoms with E-state index in [-0.39, 0.29) is 0 Å². The van der Waals surface area contributed by atoms with Gasteiger partial charge in [0.05, 0.1) is 6.42 Å². The van der Waals surface area contributed by atoms with E-state index in [1.54, 1.807) is 0 Å². The van der Waals surface area contributed by atoms with Crippen LogP contribution in [0.1, 0.15) is 6.42 Å². The highest BCUT2D eigenvalue weighted by Gasteiger charge is 2.41. The summed E-state index contributed by atoms with van der Waals surface area (Å²) in [6, 6.07) is 0. The summed E-state index contributed by atoms with van der Waals surface area (Å²) in [5, 5.41) is 8.02. The summed E-state index contributed by atoms with van der Waals surface area (Å²) < 4.78 is 33.7. The molecule has 4 nitrogen and oxygen atoms in total. The molecule has 0 aromatic rings. The van der Waals surface area contributed by atoms with Crippen LogP contribution in [0.15, 0.2) is 0 Å². The molecule has 0 amide bonds. The number of aliphatic carboxylic acids is 1. The number of ether oxygens (including phenoxy) is 2. The molecule has 0 unspecified atom stereocenters. The molecule has 0 saturated heterocycles. The Labute approximate surface area is 68.1 Å². The third-order valence-electron chi connectivity index (χ3n) is 1.26. The lowest BCUT2D eigenvalue weighted by Gasteiger charge is -2.17. The number of halogens is 2. The molecule has 72 valence electrons. The number of hydrogen-bond donors (Lipinski definition) is 1. The monoisotopic (exact) mass is 184 g/mol. The number of carboxylic acid groups (broad SMARTS) is 1. The minimum atomic E-state index is -3.81. The van der Waals surface area contributed by atoms with Crippen molar-refractivity contribution >= 4 is 5.97 Å². The van der Waals surface area contributed by atoms with Crippen molar-refractivity contribution < 1.29 is 28.2 Å². The second kappa shape index (κ2) is 4.32. The number of hydrogen-bond acceptors (Lipinski definition) is 3. The fourth-order valence-corrected chi connectivity index (χ4v) is 0.560. The largest absolute Gasteiger partial charge is 0.477 e. The first-order valence-electron chi connectivity index (χ1n) is 3.11. The fraction of sp³-hybridized carbons (Fsp3) is 0.833. The van der Waals surface area contributed by atoms with E-state index in [0.29, 0.717) is 0 Å². The molecule has 6 heteroatoms. The van der Waals surface area contributed by atoms with Crippen molar-refractivity contribution in [2.75, 3.05) is 14.2 Å². The van der Waals surface area contributed by atoms with E-state index < -0.39 is 24.6 Å². The summed E-state index contributed by atoms with van der Waals surface area (Å²) >= 11 is 0. The summed E-state index contributed by atoms with van der Waals surface area (Å²) in [6.07, 6.45) is -2.19. The molecule has 0 aliphatic carbocycles. The second-order valence-electron chi connectivity index (χ2n) is 2.11. The van der Waals surface area contributed by atoms with Crippen LogP contribution in [-0.2, 0) is 14.3 Å². The first kappa shape index (κ1) is 11.2. The van der Waals surface area contributed by atoms with Crippen LogP contribution in [0.25, 0.3) is 0 Å². The predicted octanol–water partition coefficient (Wildman–Crippen LogP) is 0.715. The van der Waals surface area contributed by atoms with Gasteiger partial charge in [-0.25, -0.2) is 4.79 Å². The quantitative estimate of drug-likeness (QED) is 0.639. The molecule has 1 N–H and O–H groups in total. The maximum atomic E-state index is 12.4. The average molecular weight is 184 g/mol. The van der Waals surface area contributed by atoms with Gasteiger partial charge in [-0.3, -0.25) is 0 Å². The van der Waals surface area contributed by atoms with Crippen LogP contribution in [0, 0.1) is 0 Å². The molecule has 0 aliphatic heterocycles. The van der Waals surface area contributed by atoms with Crippen molar-refractivity contribution in [2.24, 2.45) is 0 Å². The lowest BCUT2D eigenvalue weighted by Crippen LogP contribution is -2.34. The van der Waals surface area contributed by atoms with Crippen molar-refractivity contribution in [3.63, 3.8) is 0 Å². The zero-order valence-corrected chi connectivity index (χ0v) is 6.71. The molecule has 0 spiro atoms. The molecule has 0 aromatic carbocycles. The van der Waals surface area contributed by atoms with E-state index in [0.717, 1.165) is 14.2 Å². The van der Waals surface area contributed by atoms with E-state index in [1.165, 1.54) is 0 Å². The van der Waals surface area contributed by atoms with Gasteiger partial charge in [-0.05, 0) is 0 Å². The standard InChI is InChI=1S/C6H10F2O4/c1-11-4(12-2)3-6(7,8)5(9)10/h4H,3H2,1-2H3,(H,9,10). The van der Waals surface area contributed by atoms with Gasteiger partial charge in [0.2, 0.25) is 0 Å². The molecule has 0 atom stereocenters. The zero-order valence-electron chi connectivity index (χ0n) is 6.71. The highest BCUT2D eigenvalue weighted by Crippen LogP contribution is 2.21. The van der Waals surface area contributed by atoms with Crippen LogP contribution in [0.4, 0.5) is 8.78 Å². The lowest BCUT2D eigenvalue weighted by atomic mass is 10.2. The Morgan fingerprint density at radius 3 is 2.17 bits per heavy atom. The Hall–Kier alpha value is -0.750. The Kier molecular flexibility index (Phi) is 4.05. The number of methoxy groups -OCH3 is 2. The van der Waals surface area contributed by atoms with E-state index in [9.17, 15) is 13.6 Å². The van der Waals surface area contributed by atoms with Gasteiger partial charge in [-0.1, -0.05) is 0 Å². The van der Waals surface area contributed by atoms with Crippen molar-refractivity contribution in [2.45, 2.75) is 18.6 Å². The van der Waals surface area contributed by atoms with Gasteiger partial charge >= 0.3 is 11.9 Å². The van der Waals surface area contributed by atoms with Gasteiger partial charge in [-0.15, -0.1) is 0 Å². The van der Waals surface area contributed by atoms with Crippen LogP contribution < -0.4 is 0 Å². The first-order valence-corrected chi connectivity index (χ1v) is 3.11. The highest BCUT2D eigenvalue weighted by atomic mass is 19.3. The van der Waals surface area contributed by atoms with Crippen LogP contribution in [-0.4, -0.2) is 37.5 Å². The smallest absolute Gasteiger partial charge is 0.374 e. The Morgan fingerprint density at radius 2 is 1.92 bits per heavy atom. The average Bonchev–Trinajstić information content (AvgIpc) is 2.00. The Bertz CT molecular complexity index is 156. The molecule has 12 heavy (non-hydrogen) atoms. The van der Waals surface area contributed by atoms with E-state index in [4.69, 9.17) is 5.11 Å². The molecule has 0 radical (unpaired) electrons. The third kappa shape index (κ3) is 3.10. The summed E-state index contributed by atoms with van der Waals surface area (Å²) in [6.45, 7) is 0. The number of alkyl halides is 2. The van der Waals surface area contributed by atoms with Gasteiger partial charge in [0, 0.05) is 14.2 Å². The van der Waals surface area contributed by atoms with Crippen LogP contribution in [0.5, 0.6) is 0 Å². The van der Waals surface area contributed by atoms with Crippen molar-refractivity contribution in [1.29, 1.82) is 0 Å². The zero-order chi connectivity index (χ0) is 9.78. The van der Waals surface area contributed by atoms with Crippen LogP contribution >= 0.6 is 0 Å². The maximum Gasteiger partial charge on any atom is 0.374 e. The molecule has 0 aliphatic rings. The molecular formula is C6H10F2O4. The molecular weight excluding hydrogens is 174 g/mol. The van der Waals surface area contributed by atoms with Crippen LogP contribution in [0.3, 0.4) is 0 Å². The van der Waals surface area contributed by atoms with E-state index >= 15 is 0 Å². The molecule has 0 fully saturated rings. The second-order valence-corrected chi connectivity index (χ2v) is 2.11. The molecule has 0 saturated carbocycles. The number of carboxylic acids is 1. The van der Waals surface area contributed by atoms with Crippen molar-refractivity contribution in [3.8, 4) is 0 Å². The third-order valence-corrected chi connectivity index (χ3v) is 1.26. The minimum absolute atomic E-state index is 0.991. The van der Waals surface area contributed by atoms with E-state index in [2.05, 4.69) is 9.47 Å². The van der Waals surface area contributed by atoms with Crippen LogP contribution in [0.2, 0.25) is 0 Å². The number of carbonyl (C=O) groups is 1. The topological polar surface area (TPSA) is 55.8 Å².